The summed E-state index contributed by atoms with van der Waals surface area (Å²) in [6, 6.07) is 3.31. The number of carbonyl (C=O) groups excluding carboxylic acids is 1. The number of carbonyl (C=O) groups is 1. The molecule has 24 heavy (non-hydrogen) atoms. The van der Waals surface area contributed by atoms with Crippen molar-refractivity contribution in [3.8, 4) is 0 Å². The average molecular weight is 336 g/mol. The molecule has 3 N–H and O–H groups in total. The lowest BCUT2D eigenvalue weighted by Gasteiger charge is -2.30. The second-order valence-electron chi connectivity index (χ2n) is 7.41. The highest BCUT2D eigenvalue weighted by atomic mass is 19.1. The van der Waals surface area contributed by atoms with Gasteiger partial charge in [-0.25, -0.2) is 13.6 Å². The van der Waals surface area contributed by atoms with Crippen molar-refractivity contribution in [3.05, 3.63) is 35.4 Å². The first-order chi connectivity index (χ1) is 11.6. The second-order valence-corrected chi connectivity index (χ2v) is 7.41. The predicted molar refractivity (Wildman–Crippen MR) is 84.4 cm³/mol. The number of fused-ring (bicyclic) bond motifs is 2. The molecular weight excluding hydrogens is 314 g/mol. The molecular formula is C18H22F2N2O2. The zero-order valence-electron chi connectivity index (χ0n) is 13.3. The summed E-state index contributed by atoms with van der Waals surface area (Å²) in [6.07, 6.45) is 3.85. The molecule has 4 rings (SSSR count). The highest BCUT2D eigenvalue weighted by molar-refractivity contribution is 5.75. The van der Waals surface area contributed by atoms with Crippen LogP contribution in [0.25, 0.3) is 0 Å². The minimum Gasteiger partial charge on any atom is -0.396 e. The molecule has 3 saturated carbocycles. The van der Waals surface area contributed by atoms with Crippen molar-refractivity contribution in [2.45, 2.75) is 43.7 Å². The van der Waals surface area contributed by atoms with Crippen molar-refractivity contribution in [2.24, 2.45) is 17.8 Å². The van der Waals surface area contributed by atoms with E-state index in [9.17, 15) is 18.7 Å². The van der Waals surface area contributed by atoms with E-state index in [1.807, 2.05) is 0 Å². The molecule has 1 aromatic rings. The summed E-state index contributed by atoms with van der Waals surface area (Å²) in [7, 11) is 0. The number of urea groups is 1. The lowest BCUT2D eigenvalue weighted by Crippen LogP contribution is -2.49. The minimum absolute atomic E-state index is 0.0103. The van der Waals surface area contributed by atoms with Crippen LogP contribution in [-0.4, -0.2) is 29.8 Å². The highest BCUT2D eigenvalue weighted by Crippen LogP contribution is 2.48. The number of hydrogen-bond donors (Lipinski definition) is 3. The van der Waals surface area contributed by atoms with Crippen LogP contribution in [-0.2, 0) is 0 Å². The number of aliphatic hydroxyl groups is 1. The Balaban J connectivity index is 1.35. The first-order valence-electron chi connectivity index (χ1n) is 8.70. The van der Waals surface area contributed by atoms with E-state index >= 15 is 0 Å². The first-order valence-corrected chi connectivity index (χ1v) is 8.70. The Morgan fingerprint density at radius 3 is 2.54 bits per heavy atom. The summed E-state index contributed by atoms with van der Waals surface area (Å²) >= 11 is 0. The van der Waals surface area contributed by atoms with Gasteiger partial charge in [0.05, 0.1) is 0 Å². The van der Waals surface area contributed by atoms with Crippen molar-refractivity contribution in [1.82, 2.24) is 10.6 Å². The van der Waals surface area contributed by atoms with E-state index in [2.05, 4.69) is 10.6 Å². The molecule has 0 aliphatic heterocycles. The third kappa shape index (κ3) is 2.66. The van der Waals surface area contributed by atoms with Gasteiger partial charge < -0.3 is 15.7 Å². The Hall–Kier alpha value is -1.69. The van der Waals surface area contributed by atoms with Gasteiger partial charge in [-0.15, -0.1) is 0 Å². The van der Waals surface area contributed by atoms with E-state index in [0.717, 1.165) is 19.3 Å². The van der Waals surface area contributed by atoms with Gasteiger partial charge >= 0.3 is 6.03 Å². The van der Waals surface area contributed by atoms with Crippen molar-refractivity contribution in [3.63, 3.8) is 0 Å². The Morgan fingerprint density at radius 2 is 1.83 bits per heavy atom. The van der Waals surface area contributed by atoms with Crippen LogP contribution in [0.15, 0.2) is 18.2 Å². The predicted octanol–water partition coefficient (Wildman–Crippen LogP) is 2.53. The number of aliphatic hydroxyl groups excluding tert-OH is 1. The lowest BCUT2D eigenvalue weighted by molar-refractivity contribution is 0.144. The molecule has 2 amide bonds. The summed E-state index contributed by atoms with van der Waals surface area (Å²) < 4.78 is 27.6. The fourth-order valence-corrected chi connectivity index (χ4v) is 4.80. The second kappa shape index (κ2) is 5.99. The van der Waals surface area contributed by atoms with Gasteiger partial charge in [0.2, 0.25) is 0 Å². The topological polar surface area (TPSA) is 61.4 Å². The van der Waals surface area contributed by atoms with Crippen LogP contribution in [0.2, 0.25) is 0 Å². The molecule has 0 saturated heterocycles. The molecule has 3 fully saturated rings. The van der Waals surface area contributed by atoms with Crippen LogP contribution >= 0.6 is 0 Å². The first kappa shape index (κ1) is 15.8. The quantitative estimate of drug-likeness (QED) is 0.791. The van der Waals surface area contributed by atoms with Crippen molar-refractivity contribution >= 4 is 6.03 Å². The largest absolute Gasteiger partial charge is 0.396 e. The molecule has 0 heterocycles. The van der Waals surface area contributed by atoms with Crippen molar-refractivity contribution in [2.75, 3.05) is 6.61 Å². The summed E-state index contributed by atoms with van der Waals surface area (Å²) in [6.45, 7) is 0.0958. The Morgan fingerprint density at radius 1 is 1.12 bits per heavy atom. The molecule has 4 nitrogen and oxygen atoms in total. The monoisotopic (exact) mass is 336 g/mol. The van der Waals surface area contributed by atoms with E-state index in [1.165, 1.54) is 18.2 Å². The Kier molecular flexibility index (Phi) is 3.95. The van der Waals surface area contributed by atoms with Gasteiger partial charge in [0.15, 0.2) is 0 Å². The number of nitrogens with one attached hydrogen (secondary N) is 2. The van der Waals surface area contributed by atoms with Gasteiger partial charge in [-0.2, -0.15) is 0 Å². The maximum atomic E-state index is 13.8. The maximum Gasteiger partial charge on any atom is 0.315 e. The molecule has 1 aromatic carbocycles. The molecule has 6 heteroatoms. The zero-order valence-corrected chi connectivity index (χ0v) is 13.3. The van der Waals surface area contributed by atoms with Crippen LogP contribution < -0.4 is 10.6 Å². The number of amides is 2. The highest BCUT2D eigenvalue weighted by Gasteiger charge is 2.48. The lowest BCUT2D eigenvalue weighted by atomic mass is 9.85. The number of benzene rings is 1. The summed E-state index contributed by atoms with van der Waals surface area (Å²) in [4.78, 5) is 12.2. The Labute approximate surface area is 139 Å². The fourth-order valence-electron chi connectivity index (χ4n) is 4.80. The minimum atomic E-state index is -0.557. The van der Waals surface area contributed by atoms with Crippen LogP contribution in [0, 0.1) is 29.4 Å². The average Bonchev–Trinajstić information content (AvgIpc) is 2.99. The number of rotatable bonds is 4. The summed E-state index contributed by atoms with van der Waals surface area (Å²) in [5.74, 6) is -0.334. The van der Waals surface area contributed by atoms with Gasteiger partial charge in [0.25, 0.3) is 0 Å². The fraction of sp³-hybridized carbons (Fsp3) is 0.611. The third-order valence-electron chi connectivity index (χ3n) is 6.07. The summed E-state index contributed by atoms with van der Waals surface area (Å²) in [5, 5.41) is 15.4. The molecule has 6 atom stereocenters. The molecule has 3 aliphatic rings. The van der Waals surface area contributed by atoms with Gasteiger partial charge in [-0.05, 0) is 49.7 Å². The molecule has 2 bridgehead atoms. The van der Waals surface area contributed by atoms with Gasteiger partial charge in [-0.1, -0.05) is 6.07 Å². The summed E-state index contributed by atoms with van der Waals surface area (Å²) in [5.41, 5.74) is 0.0657. The van der Waals surface area contributed by atoms with Crippen LogP contribution in [0.5, 0.6) is 0 Å². The molecule has 6 unspecified atom stereocenters. The van der Waals surface area contributed by atoms with E-state index in [1.54, 1.807) is 0 Å². The van der Waals surface area contributed by atoms with E-state index in [0.29, 0.717) is 18.3 Å². The van der Waals surface area contributed by atoms with E-state index < -0.39 is 11.6 Å². The van der Waals surface area contributed by atoms with Crippen molar-refractivity contribution in [1.29, 1.82) is 0 Å². The van der Waals surface area contributed by atoms with E-state index in [4.69, 9.17) is 0 Å². The standard InChI is InChI=1S/C18H22F2N2O2/c19-13-2-1-3-14(20)16(13)11-7-15(11)21-18(24)22-17-10-5-4-9(6-10)12(17)8-23/h1-3,9-12,15,17,23H,4-8H2,(H2,21,22,24). The number of halogens is 2. The van der Waals surface area contributed by atoms with E-state index in [-0.39, 0.29) is 42.1 Å². The number of hydrogen-bond acceptors (Lipinski definition) is 2. The maximum absolute atomic E-state index is 13.8. The van der Waals surface area contributed by atoms with Crippen LogP contribution in [0.3, 0.4) is 0 Å². The van der Waals surface area contributed by atoms with Crippen LogP contribution in [0.1, 0.15) is 37.2 Å². The van der Waals surface area contributed by atoms with Crippen molar-refractivity contribution < 1.29 is 18.7 Å². The van der Waals surface area contributed by atoms with Gasteiger partial charge in [-0.3, -0.25) is 0 Å². The van der Waals surface area contributed by atoms with Crippen LogP contribution in [0.4, 0.5) is 13.6 Å². The molecule has 0 spiro atoms. The molecule has 0 aromatic heterocycles. The smallest absolute Gasteiger partial charge is 0.315 e. The normalized spacial score (nSPS) is 36.6. The third-order valence-corrected chi connectivity index (χ3v) is 6.07. The molecule has 130 valence electrons. The Bertz CT molecular complexity index is 634. The molecule has 3 aliphatic carbocycles. The molecule has 0 radical (unpaired) electrons. The zero-order chi connectivity index (χ0) is 16.8. The van der Waals surface area contributed by atoms with Gasteiger partial charge in [0.1, 0.15) is 11.6 Å². The SMILES string of the molecule is O=C(NC1CC1c1c(F)cccc1F)NC1C2CCC(C2)C1CO. The van der Waals surface area contributed by atoms with Gasteiger partial charge in [0, 0.05) is 36.1 Å².